The van der Waals surface area contributed by atoms with Gasteiger partial charge in [0.05, 0.1) is 36.3 Å². The fraction of sp³-hybridized carbons (Fsp3) is 0.452. The number of fused-ring (bicyclic) bond motifs is 7. The highest BCUT2D eigenvalue weighted by molar-refractivity contribution is 6.22. The van der Waals surface area contributed by atoms with Crippen LogP contribution in [-0.2, 0) is 16.1 Å². The number of β-lactam (4-membered cyclic amide) rings is 1. The number of piperazine rings is 3. The van der Waals surface area contributed by atoms with Crippen molar-refractivity contribution in [2.45, 2.75) is 32.0 Å². The van der Waals surface area contributed by atoms with Crippen molar-refractivity contribution in [3.05, 3.63) is 64.3 Å². The van der Waals surface area contributed by atoms with Gasteiger partial charge in [0.2, 0.25) is 5.91 Å². The maximum absolute atomic E-state index is 13.5. The van der Waals surface area contributed by atoms with Crippen LogP contribution in [-0.4, -0.2) is 106 Å². The minimum Gasteiger partial charge on any atom is -0.543 e. The summed E-state index contributed by atoms with van der Waals surface area (Å²) in [5.41, 5.74) is 5.06. The number of aliphatic carboxylic acids is 1. The Labute approximate surface area is 232 Å². The highest BCUT2D eigenvalue weighted by Gasteiger charge is 2.55. The van der Waals surface area contributed by atoms with Crippen LogP contribution in [0.4, 0.5) is 0 Å². The van der Waals surface area contributed by atoms with Gasteiger partial charge in [0.25, 0.3) is 0 Å². The molecule has 2 aromatic carbocycles. The van der Waals surface area contributed by atoms with Gasteiger partial charge in [-0.15, -0.1) is 0 Å². The molecule has 2 aromatic rings. The van der Waals surface area contributed by atoms with Crippen molar-refractivity contribution in [2.24, 2.45) is 5.92 Å². The van der Waals surface area contributed by atoms with Crippen LogP contribution in [0.3, 0.4) is 0 Å². The third kappa shape index (κ3) is 3.58. The van der Waals surface area contributed by atoms with E-state index in [0.29, 0.717) is 28.7 Å². The molecule has 2 N–H and O–H groups in total. The smallest absolute Gasteiger partial charge is 0.235 e. The number of rotatable bonds is 7. The van der Waals surface area contributed by atoms with Crippen molar-refractivity contribution in [3.63, 3.8) is 0 Å². The molecule has 9 heteroatoms. The van der Waals surface area contributed by atoms with E-state index < -0.39 is 29.9 Å². The van der Waals surface area contributed by atoms with Gasteiger partial charge < -0.3 is 34.0 Å². The monoisotopic (exact) mass is 544 g/mol. The summed E-state index contributed by atoms with van der Waals surface area (Å²) >= 11 is 0. The van der Waals surface area contributed by atoms with Gasteiger partial charge in [0.1, 0.15) is 52.4 Å². The number of carbonyl (C=O) groups is 3. The van der Waals surface area contributed by atoms with Gasteiger partial charge in [-0.3, -0.25) is 9.59 Å². The molecule has 0 radical (unpaired) electrons. The molecule has 0 unspecified atom stereocenters. The van der Waals surface area contributed by atoms with Crippen molar-refractivity contribution in [2.75, 3.05) is 52.4 Å². The molecule has 1 aliphatic carbocycles. The molecule has 8 rings (SSSR count). The summed E-state index contributed by atoms with van der Waals surface area (Å²) in [7, 11) is 0. The van der Waals surface area contributed by atoms with Gasteiger partial charge in [-0.05, 0) is 53.8 Å². The molecule has 0 spiro atoms. The predicted octanol–water partition coefficient (Wildman–Crippen LogP) is 0.124. The minimum absolute atomic E-state index is 0.0812. The van der Waals surface area contributed by atoms with Gasteiger partial charge in [0.15, 0.2) is 5.78 Å². The lowest BCUT2D eigenvalue weighted by molar-refractivity contribution is -1.09. The molecule has 5 aliphatic heterocycles. The maximum atomic E-state index is 13.5. The molecule has 6 aliphatic rings. The van der Waals surface area contributed by atoms with E-state index in [1.165, 1.54) is 10.5 Å². The number of hydrogen-bond acceptors (Lipinski definition) is 6. The van der Waals surface area contributed by atoms with E-state index in [9.17, 15) is 29.7 Å². The number of aliphatic hydroxyl groups is 2. The first-order valence-corrected chi connectivity index (χ1v) is 14.3. The number of carbonyl (C=O) groups excluding carboxylic acids is 3. The Morgan fingerprint density at radius 2 is 1.65 bits per heavy atom. The molecule has 40 heavy (non-hydrogen) atoms. The first-order chi connectivity index (χ1) is 19.2. The number of ketones is 1. The van der Waals surface area contributed by atoms with E-state index in [4.69, 9.17) is 0 Å². The van der Waals surface area contributed by atoms with E-state index in [0.717, 1.165) is 72.5 Å². The van der Waals surface area contributed by atoms with E-state index in [1.807, 2.05) is 18.2 Å². The molecule has 4 saturated heterocycles. The van der Waals surface area contributed by atoms with Gasteiger partial charge in [-0.1, -0.05) is 18.2 Å². The largest absolute Gasteiger partial charge is 0.543 e. The Kier molecular flexibility index (Phi) is 5.64. The molecule has 3 atom stereocenters. The molecule has 0 aromatic heterocycles. The van der Waals surface area contributed by atoms with E-state index in [-0.39, 0.29) is 18.1 Å². The van der Waals surface area contributed by atoms with Crippen molar-refractivity contribution < 1.29 is 38.7 Å². The highest BCUT2D eigenvalue weighted by Crippen LogP contribution is 2.48. The molecule has 9 nitrogen and oxygen atoms in total. The van der Waals surface area contributed by atoms with Crippen molar-refractivity contribution in [1.82, 2.24) is 4.90 Å². The third-order valence-corrected chi connectivity index (χ3v) is 10.4. The lowest BCUT2D eigenvalue weighted by atomic mass is 9.82. The fourth-order valence-corrected chi connectivity index (χ4v) is 8.04. The molecule has 208 valence electrons. The first-order valence-electron chi connectivity index (χ1n) is 14.3. The summed E-state index contributed by atoms with van der Waals surface area (Å²) in [6.45, 7) is 10.1. The lowest BCUT2D eigenvalue weighted by Crippen LogP contribution is -2.74. The zero-order valence-corrected chi connectivity index (χ0v) is 22.6. The average molecular weight is 545 g/mol. The van der Waals surface area contributed by atoms with Crippen LogP contribution in [0, 0.1) is 5.92 Å². The third-order valence-electron chi connectivity index (χ3n) is 10.4. The first kappa shape index (κ1) is 25.6. The Bertz CT molecular complexity index is 1490. The SMILES string of the molecule is C[C@@H](O)[C@H]1C(=O)N2C(C(=O)[O-])=C(c3ccc4c(c3)C(=O)c3ccc(C[N+]56CC[N+](CCO)(CC5)CC6)cc3-4)C[C@H]12. The van der Waals surface area contributed by atoms with Crippen LogP contribution in [0.1, 0.15) is 40.4 Å². The number of benzene rings is 2. The van der Waals surface area contributed by atoms with Crippen molar-refractivity contribution in [1.29, 1.82) is 0 Å². The number of aliphatic hydroxyl groups excluding tert-OH is 2. The van der Waals surface area contributed by atoms with E-state index >= 15 is 0 Å². The second-order valence-electron chi connectivity index (χ2n) is 12.5. The molecule has 2 bridgehead atoms. The Morgan fingerprint density at radius 3 is 2.30 bits per heavy atom. The molecular weight excluding hydrogens is 510 g/mol. The zero-order chi connectivity index (χ0) is 28.0. The van der Waals surface area contributed by atoms with Gasteiger partial charge in [-0.25, -0.2) is 0 Å². The van der Waals surface area contributed by atoms with Gasteiger partial charge in [0, 0.05) is 16.7 Å². The number of carboxylic acids is 1. The summed E-state index contributed by atoms with van der Waals surface area (Å²) in [4.78, 5) is 39.4. The fourth-order valence-electron chi connectivity index (χ4n) is 8.04. The Morgan fingerprint density at radius 1 is 0.975 bits per heavy atom. The number of nitrogens with zero attached hydrogens (tertiary/aromatic N) is 3. The van der Waals surface area contributed by atoms with Crippen molar-refractivity contribution in [3.8, 4) is 11.1 Å². The van der Waals surface area contributed by atoms with Crippen LogP contribution in [0.5, 0.6) is 0 Å². The predicted molar refractivity (Wildman–Crippen MR) is 143 cm³/mol. The van der Waals surface area contributed by atoms with Crippen LogP contribution in [0.15, 0.2) is 42.1 Å². The Balaban J connectivity index is 1.17. The molecule has 4 fully saturated rings. The summed E-state index contributed by atoms with van der Waals surface area (Å²) < 4.78 is 2.08. The number of amides is 1. The molecule has 0 saturated carbocycles. The number of carboxylic acid groups (broad SMARTS) is 1. The van der Waals surface area contributed by atoms with Crippen LogP contribution in [0.2, 0.25) is 0 Å². The lowest BCUT2D eigenvalue weighted by Gasteiger charge is -2.55. The van der Waals surface area contributed by atoms with Crippen LogP contribution >= 0.6 is 0 Å². The average Bonchev–Trinajstić information content (AvgIpc) is 3.42. The highest BCUT2D eigenvalue weighted by atomic mass is 16.4. The second-order valence-corrected chi connectivity index (χ2v) is 12.5. The summed E-state index contributed by atoms with van der Waals surface area (Å²) in [6.07, 6.45) is -0.573. The second kappa shape index (κ2) is 8.81. The summed E-state index contributed by atoms with van der Waals surface area (Å²) in [5.74, 6) is -2.55. The number of quaternary nitrogens is 2. The Hall–Kier alpha value is -3.37. The summed E-state index contributed by atoms with van der Waals surface area (Å²) in [5, 5.41) is 31.6. The van der Waals surface area contributed by atoms with Crippen LogP contribution < -0.4 is 5.11 Å². The van der Waals surface area contributed by atoms with Crippen LogP contribution in [0.25, 0.3) is 16.7 Å². The molecular formula is C31H34N3O6+. The standard InChI is InChI=1S/C31H34N3O6/c1-18(36)27-26-16-23(28(31(39)40)32(26)30(27)38)20-3-5-21-24-14-19(2-4-22(24)29(37)25(21)15-20)17-34-9-6-33(7-10-34,8-11-34)12-13-35/h2-5,14-15,18,26-27,35-36H,6-13,16-17H2,1H3/q+1/t18-,26-,27-,33?,34?/m1/s1. The quantitative estimate of drug-likeness (QED) is 0.323. The molecule has 5 heterocycles. The van der Waals surface area contributed by atoms with E-state index in [2.05, 4.69) is 12.1 Å². The molecule has 1 amide bonds. The van der Waals surface area contributed by atoms with Gasteiger partial charge in [-0.2, -0.15) is 0 Å². The normalized spacial score (nSPS) is 30.7. The number of hydrogen-bond donors (Lipinski definition) is 2. The van der Waals surface area contributed by atoms with E-state index in [1.54, 1.807) is 13.0 Å². The maximum Gasteiger partial charge on any atom is 0.235 e. The minimum atomic E-state index is -1.43. The topological polar surface area (TPSA) is 118 Å². The van der Waals surface area contributed by atoms with Crippen molar-refractivity contribution >= 4 is 23.2 Å². The zero-order valence-electron chi connectivity index (χ0n) is 22.6. The van der Waals surface area contributed by atoms with Gasteiger partial charge >= 0.3 is 0 Å². The summed E-state index contributed by atoms with van der Waals surface area (Å²) in [6, 6.07) is 11.2.